The lowest BCUT2D eigenvalue weighted by Gasteiger charge is -2.22. The largest absolute Gasteiger partial charge is 0.389 e. The molecule has 1 heterocycles. The molecule has 1 aliphatic rings. The molecule has 0 bridgehead atoms. The molecule has 1 aromatic heterocycles. The normalized spacial score (nSPS) is 17.9. The van der Waals surface area contributed by atoms with Crippen LogP contribution in [0.5, 0.6) is 0 Å². The van der Waals surface area contributed by atoms with Gasteiger partial charge in [0.1, 0.15) is 5.82 Å². The van der Waals surface area contributed by atoms with Crippen LogP contribution in [0, 0.1) is 0 Å². The Kier molecular flexibility index (Phi) is 3.76. The Morgan fingerprint density at radius 2 is 2.05 bits per heavy atom. The van der Waals surface area contributed by atoms with Crippen molar-refractivity contribution >= 4 is 11.0 Å². The molecule has 0 spiro atoms. The number of para-hydroxylation sites is 2. The molecular weight excluding hydrogens is 250 g/mol. The topological polar surface area (TPSA) is 50.1 Å². The van der Waals surface area contributed by atoms with Crippen LogP contribution in [0.1, 0.15) is 38.4 Å². The number of hydrogen-bond donors (Lipinski definition) is 2. The molecule has 0 atom stereocenters. The SMILES string of the molecule is CCn1c(CNCC2(O)CCCC2)nc2ccccc21. The molecule has 2 aromatic rings. The van der Waals surface area contributed by atoms with Gasteiger partial charge in [0.2, 0.25) is 0 Å². The molecule has 0 unspecified atom stereocenters. The fourth-order valence-electron chi connectivity index (χ4n) is 3.23. The second kappa shape index (κ2) is 5.54. The summed E-state index contributed by atoms with van der Waals surface area (Å²) in [5, 5.41) is 13.7. The molecule has 3 rings (SSSR count). The molecule has 20 heavy (non-hydrogen) atoms. The lowest BCUT2D eigenvalue weighted by Crippen LogP contribution is -2.38. The van der Waals surface area contributed by atoms with Crippen molar-refractivity contribution < 1.29 is 5.11 Å². The zero-order valence-corrected chi connectivity index (χ0v) is 12.1. The minimum atomic E-state index is -0.497. The van der Waals surface area contributed by atoms with Crippen molar-refractivity contribution in [3.8, 4) is 0 Å². The third-order valence-electron chi connectivity index (χ3n) is 4.32. The van der Waals surface area contributed by atoms with E-state index in [9.17, 15) is 5.11 Å². The Bertz CT molecular complexity index is 584. The van der Waals surface area contributed by atoms with E-state index in [4.69, 9.17) is 0 Å². The maximum absolute atomic E-state index is 10.3. The van der Waals surface area contributed by atoms with Gasteiger partial charge in [0.15, 0.2) is 0 Å². The number of rotatable bonds is 5. The third kappa shape index (κ3) is 2.58. The van der Waals surface area contributed by atoms with Gasteiger partial charge in [-0.25, -0.2) is 4.98 Å². The first-order valence-electron chi connectivity index (χ1n) is 7.59. The Labute approximate surface area is 119 Å². The summed E-state index contributed by atoms with van der Waals surface area (Å²) in [6.07, 6.45) is 4.13. The van der Waals surface area contributed by atoms with E-state index < -0.39 is 5.60 Å². The van der Waals surface area contributed by atoms with Crippen molar-refractivity contribution in [3.63, 3.8) is 0 Å². The van der Waals surface area contributed by atoms with E-state index in [-0.39, 0.29) is 0 Å². The fraction of sp³-hybridized carbons (Fsp3) is 0.562. The molecule has 1 aromatic carbocycles. The summed E-state index contributed by atoms with van der Waals surface area (Å²) in [7, 11) is 0. The highest BCUT2D eigenvalue weighted by Crippen LogP contribution is 2.28. The summed E-state index contributed by atoms with van der Waals surface area (Å²) in [6.45, 7) is 4.44. The van der Waals surface area contributed by atoms with Crippen molar-refractivity contribution in [1.29, 1.82) is 0 Å². The molecule has 4 heteroatoms. The second-order valence-corrected chi connectivity index (χ2v) is 5.80. The predicted molar refractivity (Wildman–Crippen MR) is 80.5 cm³/mol. The van der Waals surface area contributed by atoms with Gasteiger partial charge in [0.25, 0.3) is 0 Å². The van der Waals surface area contributed by atoms with Crippen molar-refractivity contribution in [2.45, 2.75) is 51.3 Å². The first kappa shape index (κ1) is 13.6. The van der Waals surface area contributed by atoms with E-state index >= 15 is 0 Å². The molecular formula is C16H23N3O. The molecule has 108 valence electrons. The van der Waals surface area contributed by atoms with Gasteiger partial charge in [-0.3, -0.25) is 0 Å². The van der Waals surface area contributed by atoms with Crippen molar-refractivity contribution in [1.82, 2.24) is 14.9 Å². The van der Waals surface area contributed by atoms with Crippen LogP contribution in [0.3, 0.4) is 0 Å². The monoisotopic (exact) mass is 273 g/mol. The van der Waals surface area contributed by atoms with Crippen LogP contribution < -0.4 is 5.32 Å². The van der Waals surface area contributed by atoms with Crippen LogP contribution in [0.15, 0.2) is 24.3 Å². The summed E-state index contributed by atoms with van der Waals surface area (Å²) in [5.74, 6) is 1.05. The van der Waals surface area contributed by atoms with Gasteiger partial charge >= 0.3 is 0 Å². The Morgan fingerprint density at radius 1 is 1.30 bits per heavy atom. The lowest BCUT2D eigenvalue weighted by atomic mass is 10.0. The van der Waals surface area contributed by atoms with Crippen molar-refractivity contribution in [3.05, 3.63) is 30.1 Å². The summed E-state index contributed by atoms with van der Waals surface area (Å²) in [6, 6.07) is 8.23. The van der Waals surface area contributed by atoms with Gasteiger partial charge in [-0.05, 0) is 31.9 Å². The average molecular weight is 273 g/mol. The van der Waals surface area contributed by atoms with Gasteiger partial charge in [-0.1, -0.05) is 25.0 Å². The summed E-state index contributed by atoms with van der Waals surface area (Å²) >= 11 is 0. The van der Waals surface area contributed by atoms with E-state index in [1.807, 2.05) is 6.07 Å². The number of imidazole rings is 1. The zero-order valence-electron chi connectivity index (χ0n) is 12.1. The molecule has 1 saturated carbocycles. The van der Waals surface area contributed by atoms with Crippen LogP contribution in [-0.2, 0) is 13.1 Å². The summed E-state index contributed by atoms with van der Waals surface area (Å²) in [4.78, 5) is 4.69. The number of aliphatic hydroxyl groups is 1. The number of aromatic nitrogens is 2. The smallest absolute Gasteiger partial charge is 0.123 e. The summed E-state index contributed by atoms with van der Waals surface area (Å²) in [5.41, 5.74) is 1.74. The molecule has 0 saturated heterocycles. The second-order valence-electron chi connectivity index (χ2n) is 5.80. The highest BCUT2D eigenvalue weighted by molar-refractivity contribution is 5.75. The van der Waals surface area contributed by atoms with E-state index in [1.165, 1.54) is 5.52 Å². The van der Waals surface area contributed by atoms with Gasteiger partial charge in [0.05, 0.1) is 23.2 Å². The number of nitrogens with zero attached hydrogens (tertiary/aromatic N) is 2. The van der Waals surface area contributed by atoms with E-state index in [1.54, 1.807) is 0 Å². The van der Waals surface area contributed by atoms with Crippen LogP contribution in [0.4, 0.5) is 0 Å². The fourth-order valence-corrected chi connectivity index (χ4v) is 3.23. The zero-order chi connectivity index (χ0) is 14.0. The molecule has 1 fully saturated rings. The van der Waals surface area contributed by atoms with Crippen LogP contribution >= 0.6 is 0 Å². The number of fused-ring (bicyclic) bond motifs is 1. The number of aryl methyl sites for hydroxylation is 1. The maximum Gasteiger partial charge on any atom is 0.123 e. The molecule has 0 radical (unpaired) electrons. The molecule has 2 N–H and O–H groups in total. The van der Waals surface area contributed by atoms with Crippen molar-refractivity contribution in [2.75, 3.05) is 6.54 Å². The molecule has 0 aliphatic heterocycles. The molecule has 0 amide bonds. The Hall–Kier alpha value is -1.39. The number of hydrogen-bond acceptors (Lipinski definition) is 3. The van der Waals surface area contributed by atoms with E-state index in [0.717, 1.165) is 43.6 Å². The van der Waals surface area contributed by atoms with Gasteiger partial charge in [-0.2, -0.15) is 0 Å². The average Bonchev–Trinajstić information content (AvgIpc) is 3.02. The minimum Gasteiger partial charge on any atom is -0.389 e. The Morgan fingerprint density at radius 3 is 2.80 bits per heavy atom. The lowest BCUT2D eigenvalue weighted by molar-refractivity contribution is 0.0472. The third-order valence-corrected chi connectivity index (χ3v) is 4.32. The van der Waals surface area contributed by atoms with Crippen molar-refractivity contribution in [2.24, 2.45) is 0 Å². The number of benzene rings is 1. The first-order valence-corrected chi connectivity index (χ1v) is 7.59. The van der Waals surface area contributed by atoms with Gasteiger partial charge in [-0.15, -0.1) is 0 Å². The van der Waals surface area contributed by atoms with Gasteiger partial charge in [0, 0.05) is 13.1 Å². The predicted octanol–water partition coefficient (Wildman–Crippen LogP) is 2.45. The number of nitrogens with one attached hydrogen (secondary N) is 1. The van der Waals surface area contributed by atoms with Gasteiger partial charge < -0.3 is 15.0 Å². The van der Waals surface area contributed by atoms with Crippen LogP contribution in [-0.4, -0.2) is 26.8 Å². The van der Waals surface area contributed by atoms with Crippen LogP contribution in [0.25, 0.3) is 11.0 Å². The molecule has 4 nitrogen and oxygen atoms in total. The highest BCUT2D eigenvalue weighted by Gasteiger charge is 2.30. The highest BCUT2D eigenvalue weighted by atomic mass is 16.3. The first-order chi connectivity index (χ1) is 9.72. The summed E-state index contributed by atoms with van der Waals surface area (Å²) < 4.78 is 2.24. The maximum atomic E-state index is 10.3. The standard InChI is InChI=1S/C16H23N3O/c1-2-19-14-8-4-3-7-13(14)18-15(19)11-17-12-16(20)9-5-6-10-16/h3-4,7-8,17,20H,2,5-6,9-12H2,1H3. The molecule has 1 aliphatic carbocycles. The minimum absolute atomic E-state index is 0.497. The van der Waals surface area contributed by atoms with Crippen LogP contribution in [0.2, 0.25) is 0 Å². The quantitative estimate of drug-likeness (QED) is 0.880. The van der Waals surface area contributed by atoms with E-state index in [0.29, 0.717) is 13.1 Å². The van der Waals surface area contributed by atoms with E-state index in [2.05, 4.69) is 40.0 Å². The Balaban J connectivity index is 1.71.